The highest BCUT2D eigenvalue weighted by Gasteiger charge is 2.22. The van der Waals surface area contributed by atoms with Gasteiger partial charge in [-0.3, -0.25) is 14.4 Å². The summed E-state index contributed by atoms with van der Waals surface area (Å²) in [5, 5.41) is 8.42. The van der Waals surface area contributed by atoms with E-state index in [1.165, 1.54) is 0 Å². The molecule has 0 bridgehead atoms. The molecule has 0 atom stereocenters. The summed E-state index contributed by atoms with van der Waals surface area (Å²) in [5.41, 5.74) is 1.49. The Labute approximate surface area is 197 Å². The number of anilines is 3. The Hall–Kier alpha value is -4.33. The number of fused-ring (bicyclic) bond motifs is 1. The van der Waals surface area contributed by atoms with Crippen LogP contribution >= 0.6 is 0 Å². The van der Waals surface area contributed by atoms with E-state index in [4.69, 9.17) is 9.47 Å². The fourth-order valence-corrected chi connectivity index (χ4v) is 3.21. The highest BCUT2D eigenvalue weighted by molar-refractivity contribution is 6.13. The van der Waals surface area contributed by atoms with Gasteiger partial charge in [-0.1, -0.05) is 39.0 Å². The van der Waals surface area contributed by atoms with Gasteiger partial charge in [0.2, 0.25) is 12.7 Å². The number of hydrogen-bond donors (Lipinski definition) is 3. The zero-order chi connectivity index (χ0) is 24.3. The second-order valence-corrected chi connectivity index (χ2v) is 8.81. The molecular formula is C26H25N3O5. The second kappa shape index (κ2) is 9.27. The zero-order valence-corrected chi connectivity index (χ0v) is 19.1. The van der Waals surface area contributed by atoms with Gasteiger partial charge in [0.05, 0.1) is 11.3 Å². The Morgan fingerprint density at radius 1 is 0.735 bits per heavy atom. The molecule has 4 rings (SSSR count). The highest BCUT2D eigenvalue weighted by atomic mass is 16.7. The molecule has 0 fully saturated rings. The highest BCUT2D eigenvalue weighted by Crippen LogP contribution is 2.34. The van der Waals surface area contributed by atoms with Crippen LogP contribution in [0.2, 0.25) is 0 Å². The van der Waals surface area contributed by atoms with Crippen LogP contribution in [0.25, 0.3) is 0 Å². The number of ether oxygens (including phenoxy) is 2. The fraction of sp³-hybridized carbons (Fsp3) is 0.192. The standard InChI is InChI=1S/C26H25N3O5/c1-26(2,3)25(32)28-17-8-6-7-16(13-17)23(30)29-20-10-5-4-9-19(20)24(31)27-18-11-12-21-22(14-18)34-15-33-21/h4-14H,15H2,1-3H3,(H,27,31)(H,28,32)(H,29,30). The van der Waals surface area contributed by atoms with Crippen molar-refractivity contribution in [3.05, 3.63) is 77.9 Å². The minimum Gasteiger partial charge on any atom is -0.454 e. The van der Waals surface area contributed by atoms with Crippen LogP contribution in [-0.2, 0) is 4.79 Å². The average Bonchev–Trinajstić information content (AvgIpc) is 3.27. The SMILES string of the molecule is CC(C)(C)C(=O)Nc1cccc(C(=O)Nc2ccccc2C(=O)Nc2ccc3c(c2)OCO3)c1. The molecule has 8 nitrogen and oxygen atoms in total. The smallest absolute Gasteiger partial charge is 0.257 e. The van der Waals surface area contributed by atoms with Crippen molar-refractivity contribution in [1.29, 1.82) is 0 Å². The molecular weight excluding hydrogens is 434 g/mol. The van der Waals surface area contributed by atoms with E-state index < -0.39 is 11.3 Å². The number of benzene rings is 3. The van der Waals surface area contributed by atoms with Crippen LogP contribution in [0.15, 0.2) is 66.7 Å². The summed E-state index contributed by atoms with van der Waals surface area (Å²) < 4.78 is 10.6. The number of carbonyl (C=O) groups excluding carboxylic acids is 3. The lowest BCUT2D eigenvalue weighted by Gasteiger charge is -2.18. The van der Waals surface area contributed by atoms with Crippen LogP contribution in [0.3, 0.4) is 0 Å². The summed E-state index contributed by atoms with van der Waals surface area (Å²) >= 11 is 0. The first-order valence-corrected chi connectivity index (χ1v) is 10.7. The van der Waals surface area contributed by atoms with Gasteiger partial charge < -0.3 is 25.4 Å². The third kappa shape index (κ3) is 5.17. The van der Waals surface area contributed by atoms with Gasteiger partial charge in [-0.25, -0.2) is 0 Å². The van der Waals surface area contributed by atoms with Crippen LogP contribution in [0, 0.1) is 5.41 Å². The van der Waals surface area contributed by atoms with Crippen molar-refractivity contribution in [2.75, 3.05) is 22.7 Å². The van der Waals surface area contributed by atoms with Gasteiger partial charge in [0, 0.05) is 28.4 Å². The first-order chi connectivity index (χ1) is 16.2. The molecule has 3 aromatic carbocycles. The molecule has 3 amide bonds. The summed E-state index contributed by atoms with van der Waals surface area (Å²) in [6.45, 7) is 5.57. The van der Waals surface area contributed by atoms with Gasteiger partial charge in [-0.05, 0) is 42.5 Å². The molecule has 0 radical (unpaired) electrons. The van der Waals surface area contributed by atoms with Gasteiger partial charge in [-0.15, -0.1) is 0 Å². The lowest BCUT2D eigenvalue weighted by atomic mass is 9.95. The Kier molecular flexibility index (Phi) is 6.23. The summed E-state index contributed by atoms with van der Waals surface area (Å²) in [6, 6.07) is 18.5. The molecule has 0 spiro atoms. The van der Waals surface area contributed by atoms with E-state index in [1.54, 1.807) is 66.7 Å². The van der Waals surface area contributed by atoms with Crippen molar-refractivity contribution in [2.24, 2.45) is 5.41 Å². The van der Waals surface area contributed by atoms with Gasteiger partial charge in [0.1, 0.15) is 0 Å². The largest absolute Gasteiger partial charge is 0.454 e. The van der Waals surface area contributed by atoms with E-state index in [9.17, 15) is 14.4 Å². The number of rotatable bonds is 5. The van der Waals surface area contributed by atoms with Crippen molar-refractivity contribution in [3.63, 3.8) is 0 Å². The molecule has 1 aliphatic rings. The van der Waals surface area contributed by atoms with Gasteiger partial charge in [0.25, 0.3) is 11.8 Å². The molecule has 0 saturated heterocycles. The van der Waals surface area contributed by atoms with Crippen molar-refractivity contribution in [1.82, 2.24) is 0 Å². The van der Waals surface area contributed by atoms with Crippen molar-refractivity contribution in [3.8, 4) is 11.5 Å². The van der Waals surface area contributed by atoms with Crippen LogP contribution in [0.1, 0.15) is 41.5 Å². The zero-order valence-electron chi connectivity index (χ0n) is 19.1. The molecule has 174 valence electrons. The van der Waals surface area contributed by atoms with Gasteiger partial charge in [-0.2, -0.15) is 0 Å². The number of para-hydroxylation sites is 1. The maximum absolute atomic E-state index is 12.9. The van der Waals surface area contributed by atoms with Gasteiger partial charge in [0.15, 0.2) is 11.5 Å². The maximum atomic E-state index is 12.9. The molecule has 3 aromatic rings. The lowest BCUT2D eigenvalue weighted by Crippen LogP contribution is -2.27. The number of nitrogens with one attached hydrogen (secondary N) is 3. The van der Waals surface area contributed by atoms with E-state index in [0.717, 1.165) is 0 Å². The first kappa shape index (κ1) is 22.8. The minimum absolute atomic E-state index is 0.142. The maximum Gasteiger partial charge on any atom is 0.257 e. The fourth-order valence-electron chi connectivity index (χ4n) is 3.21. The summed E-state index contributed by atoms with van der Waals surface area (Å²) in [6.07, 6.45) is 0. The Balaban J connectivity index is 1.49. The van der Waals surface area contributed by atoms with Crippen LogP contribution in [0.4, 0.5) is 17.1 Å². The topological polar surface area (TPSA) is 106 Å². The summed E-state index contributed by atoms with van der Waals surface area (Å²) in [4.78, 5) is 38.1. The molecule has 3 N–H and O–H groups in total. The normalized spacial score (nSPS) is 12.1. The van der Waals surface area contributed by atoms with Crippen LogP contribution < -0.4 is 25.4 Å². The van der Waals surface area contributed by atoms with Crippen LogP contribution in [0.5, 0.6) is 11.5 Å². The Morgan fingerprint density at radius 2 is 1.47 bits per heavy atom. The molecule has 0 saturated carbocycles. The van der Waals surface area contributed by atoms with E-state index in [2.05, 4.69) is 16.0 Å². The van der Waals surface area contributed by atoms with Crippen LogP contribution in [-0.4, -0.2) is 24.5 Å². The second-order valence-electron chi connectivity index (χ2n) is 8.81. The minimum atomic E-state index is -0.567. The predicted octanol–water partition coefficient (Wildman–Crippen LogP) is 4.90. The summed E-state index contributed by atoms with van der Waals surface area (Å²) in [5.74, 6) is 0.219. The average molecular weight is 460 g/mol. The van der Waals surface area contributed by atoms with Crippen molar-refractivity contribution in [2.45, 2.75) is 20.8 Å². The lowest BCUT2D eigenvalue weighted by molar-refractivity contribution is -0.123. The molecule has 0 aliphatic carbocycles. The van der Waals surface area contributed by atoms with Crippen molar-refractivity contribution >= 4 is 34.8 Å². The van der Waals surface area contributed by atoms with E-state index in [1.807, 2.05) is 20.8 Å². The Bertz CT molecular complexity index is 1260. The molecule has 0 unspecified atom stereocenters. The molecule has 34 heavy (non-hydrogen) atoms. The third-order valence-electron chi connectivity index (χ3n) is 5.11. The first-order valence-electron chi connectivity index (χ1n) is 10.7. The number of carbonyl (C=O) groups is 3. The number of hydrogen-bond acceptors (Lipinski definition) is 5. The quantitative estimate of drug-likeness (QED) is 0.503. The van der Waals surface area contributed by atoms with E-state index >= 15 is 0 Å². The molecule has 1 aliphatic heterocycles. The van der Waals surface area contributed by atoms with E-state index in [-0.39, 0.29) is 18.6 Å². The molecule has 1 heterocycles. The third-order valence-corrected chi connectivity index (χ3v) is 5.11. The van der Waals surface area contributed by atoms with E-state index in [0.29, 0.717) is 39.7 Å². The molecule has 0 aromatic heterocycles. The predicted molar refractivity (Wildman–Crippen MR) is 129 cm³/mol. The Morgan fingerprint density at radius 3 is 2.26 bits per heavy atom. The number of amides is 3. The molecule has 8 heteroatoms. The van der Waals surface area contributed by atoms with Crippen molar-refractivity contribution < 1.29 is 23.9 Å². The monoisotopic (exact) mass is 459 g/mol. The van der Waals surface area contributed by atoms with Gasteiger partial charge >= 0.3 is 0 Å². The summed E-state index contributed by atoms with van der Waals surface area (Å²) in [7, 11) is 0.